The topological polar surface area (TPSA) is 84.5 Å². The van der Waals surface area contributed by atoms with Gasteiger partial charge in [0.25, 0.3) is 0 Å². The summed E-state index contributed by atoms with van der Waals surface area (Å²) < 4.78 is 43.7. The van der Waals surface area contributed by atoms with Gasteiger partial charge in [-0.1, -0.05) is 72.0 Å². The van der Waals surface area contributed by atoms with Crippen molar-refractivity contribution in [2.75, 3.05) is 0 Å². The molecular weight excluding hydrogens is 617 g/mol. The number of alkyl halides is 3. The van der Waals surface area contributed by atoms with Crippen LogP contribution in [0.5, 0.6) is 0 Å². The molecule has 0 saturated heterocycles. The molecule has 0 bridgehead atoms. The number of fused-ring (bicyclic) bond motifs is 5. The average molecular weight is 679 g/mol. The Labute approximate surface area is 286 Å². The third kappa shape index (κ3) is 8.11. The van der Waals surface area contributed by atoms with E-state index in [2.05, 4.69) is 46.0 Å². The summed E-state index contributed by atoms with van der Waals surface area (Å²) in [5, 5.41) is 5.15. The minimum atomic E-state index is -4.99. The smallest absolute Gasteiger partial charge is 0.460 e. The molecule has 2 amide bonds. The number of rotatable bonds is 11. The normalized spacial score (nSPS) is 37.0. The Morgan fingerprint density at radius 2 is 1.67 bits per heavy atom. The Hall–Kier alpha value is -2.06. The van der Waals surface area contributed by atoms with Crippen LogP contribution >= 0.6 is 0 Å². The van der Waals surface area contributed by atoms with Crippen molar-refractivity contribution >= 4 is 17.8 Å². The molecule has 0 aromatic heterocycles. The highest BCUT2D eigenvalue weighted by Gasteiger charge is 2.59. The molecule has 4 fully saturated rings. The molecule has 2 N–H and O–H groups in total. The van der Waals surface area contributed by atoms with Crippen LogP contribution < -0.4 is 10.6 Å². The fraction of sp³-hybridized carbons (Fsp3) is 0.872. The zero-order chi connectivity index (χ0) is 34.9. The molecule has 10 atom stereocenters. The number of carbonyl (C=O) groups excluding carboxylic acids is 3. The Kier molecular flexibility index (Phi) is 11.7. The van der Waals surface area contributed by atoms with E-state index in [1.165, 1.54) is 50.5 Å². The quantitative estimate of drug-likeness (QED) is 0.169. The number of amides is 2. The Morgan fingerprint density at radius 1 is 0.917 bits per heavy atom. The van der Waals surface area contributed by atoms with Gasteiger partial charge in [-0.05, 0) is 117 Å². The van der Waals surface area contributed by atoms with Crippen LogP contribution in [-0.4, -0.2) is 42.1 Å². The molecule has 0 aromatic rings. The molecule has 0 aliphatic heterocycles. The molecule has 5 aliphatic carbocycles. The summed E-state index contributed by atoms with van der Waals surface area (Å²) in [7, 11) is 0. The zero-order valence-corrected chi connectivity index (χ0v) is 30.1. The minimum Gasteiger partial charge on any atom is -0.460 e. The molecule has 48 heavy (non-hydrogen) atoms. The van der Waals surface area contributed by atoms with E-state index >= 15 is 0 Å². The maximum Gasteiger partial charge on any atom is 0.471 e. The van der Waals surface area contributed by atoms with Gasteiger partial charge in [0, 0.05) is 12.5 Å². The van der Waals surface area contributed by atoms with Crippen LogP contribution in [0, 0.1) is 46.3 Å². The SMILES string of the molecule is CC(C)CCC[C@@H](C)[C@H]1CCC2C3CC=C4C[C@@H](NC(=O)CCC(=O)O[C@@H]5CCCC[C@H]5NC(=O)C(F)(F)F)CC[C@]4(C)C3CC[C@@]21C. The lowest BCUT2D eigenvalue weighted by Gasteiger charge is -2.58. The first kappa shape index (κ1) is 37.2. The third-order valence-electron chi connectivity index (χ3n) is 13.8. The summed E-state index contributed by atoms with van der Waals surface area (Å²) in [6.45, 7) is 12.3. The van der Waals surface area contributed by atoms with Gasteiger partial charge in [-0.15, -0.1) is 0 Å². The standard InChI is InChI=1S/C39H61F3N2O4/c1-24(2)9-8-10-25(3)29-15-16-30-28-14-13-26-23-27(19-21-37(26,4)31(28)20-22-38(29,30)5)43-34(45)17-18-35(46)48-33-12-7-6-11-32(33)44-36(47)39(40,41)42/h13,24-25,27-33H,6-12,14-23H2,1-5H3,(H,43,45)(H,44,47)/t25-,27+,28?,29-,30?,31?,32-,33-,37+,38-/m1/s1. The van der Waals surface area contributed by atoms with E-state index in [0.717, 1.165) is 55.3 Å². The number of esters is 1. The van der Waals surface area contributed by atoms with Crippen molar-refractivity contribution < 1.29 is 32.3 Å². The Balaban J connectivity index is 1.10. The van der Waals surface area contributed by atoms with Crippen molar-refractivity contribution in [2.24, 2.45) is 46.3 Å². The highest BCUT2D eigenvalue weighted by molar-refractivity contribution is 5.82. The van der Waals surface area contributed by atoms with Gasteiger partial charge < -0.3 is 15.4 Å². The van der Waals surface area contributed by atoms with E-state index in [1.54, 1.807) is 0 Å². The van der Waals surface area contributed by atoms with Crippen molar-refractivity contribution in [3.63, 3.8) is 0 Å². The monoisotopic (exact) mass is 678 g/mol. The molecule has 4 saturated carbocycles. The molecule has 6 nitrogen and oxygen atoms in total. The van der Waals surface area contributed by atoms with Crippen molar-refractivity contribution in [1.29, 1.82) is 0 Å². The summed E-state index contributed by atoms with van der Waals surface area (Å²) in [4.78, 5) is 37.0. The molecule has 0 heterocycles. The van der Waals surface area contributed by atoms with Crippen molar-refractivity contribution in [2.45, 2.75) is 168 Å². The maximum absolute atomic E-state index is 12.9. The summed E-state index contributed by atoms with van der Waals surface area (Å²) in [5.41, 5.74) is 2.15. The van der Waals surface area contributed by atoms with E-state index < -0.39 is 30.2 Å². The number of ether oxygens (including phenoxy) is 1. The maximum atomic E-state index is 12.9. The summed E-state index contributed by atoms with van der Waals surface area (Å²) >= 11 is 0. The number of hydrogen-bond acceptors (Lipinski definition) is 4. The lowest BCUT2D eigenvalue weighted by Crippen LogP contribution is -2.52. The molecular formula is C39H61F3N2O4. The number of hydrogen-bond donors (Lipinski definition) is 2. The first-order valence-corrected chi connectivity index (χ1v) is 19.2. The van der Waals surface area contributed by atoms with E-state index in [1.807, 2.05) is 5.32 Å². The number of nitrogens with one attached hydrogen (secondary N) is 2. The van der Waals surface area contributed by atoms with Crippen LogP contribution in [0.15, 0.2) is 11.6 Å². The molecule has 9 heteroatoms. The number of halogens is 3. The van der Waals surface area contributed by atoms with E-state index in [9.17, 15) is 27.6 Å². The minimum absolute atomic E-state index is 0.0278. The van der Waals surface area contributed by atoms with Crippen molar-refractivity contribution in [1.82, 2.24) is 10.6 Å². The van der Waals surface area contributed by atoms with Gasteiger partial charge in [-0.3, -0.25) is 14.4 Å². The lowest BCUT2D eigenvalue weighted by atomic mass is 9.47. The summed E-state index contributed by atoms with van der Waals surface area (Å²) in [5.74, 6) is 1.87. The molecule has 5 rings (SSSR count). The summed E-state index contributed by atoms with van der Waals surface area (Å²) in [6.07, 6.45) is 12.1. The first-order chi connectivity index (χ1) is 22.6. The first-order valence-electron chi connectivity index (χ1n) is 19.2. The molecule has 0 spiro atoms. The lowest BCUT2D eigenvalue weighted by molar-refractivity contribution is -0.176. The highest BCUT2D eigenvalue weighted by atomic mass is 19.4. The van der Waals surface area contributed by atoms with Gasteiger partial charge >= 0.3 is 18.1 Å². The zero-order valence-electron chi connectivity index (χ0n) is 30.1. The Morgan fingerprint density at radius 3 is 2.40 bits per heavy atom. The molecule has 3 unspecified atom stereocenters. The van der Waals surface area contributed by atoms with Crippen molar-refractivity contribution in [3.8, 4) is 0 Å². The Bertz CT molecular complexity index is 1200. The van der Waals surface area contributed by atoms with Gasteiger partial charge in [-0.25, -0.2) is 0 Å². The fourth-order valence-corrected chi connectivity index (χ4v) is 11.2. The van der Waals surface area contributed by atoms with Gasteiger partial charge in [0.1, 0.15) is 6.10 Å². The second kappa shape index (κ2) is 15.0. The van der Waals surface area contributed by atoms with Crippen molar-refractivity contribution in [3.05, 3.63) is 11.6 Å². The second-order valence-corrected chi connectivity index (χ2v) is 17.2. The fourth-order valence-electron chi connectivity index (χ4n) is 11.2. The molecule has 272 valence electrons. The van der Waals surface area contributed by atoms with E-state index in [4.69, 9.17) is 4.74 Å². The van der Waals surface area contributed by atoms with Crippen LogP contribution in [0.2, 0.25) is 0 Å². The van der Waals surface area contributed by atoms with Crippen LogP contribution in [0.25, 0.3) is 0 Å². The average Bonchev–Trinajstić information content (AvgIpc) is 3.38. The van der Waals surface area contributed by atoms with Gasteiger partial charge in [0.15, 0.2) is 0 Å². The third-order valence-corrected chi connectivity index (χ3v) is 13.8. The largest absolute Gasteiger partial charge is 0.471 e. The summed E-state index contributed by atoms with van der Waals surface area (Å²) in [6, 6.07) is -0.831. The number of carbonyl (C=O) groups is 3. The van der Waals surface area contributed by atoms with E-state index in [-0.39, 0.29) is 30.2 Å². The van der Waals surface area contributed by atoms with Crippen LogP contribution in [0.4, 0.5) is 13.2 Å². The number of allylic oxidation sites excluding steroid dienone is 1. The molecule has 5 aliphatic rings. The highest BCUT2D eigenvalue weighted by Crippen LogP contribution is 2.67. The van der Waals surface area contributed by atoms with Gasteiger partial charge in [0.05, 0.1) is 12.5 Å². The van der Waals surface area contributed by atoms with Gasteiger partial charge in [0.2, 0.25) is 5.91 Å². The van der Waals surface area contributed by atoms with Crippen LogP contribution in [-0.2, 0) is 19.1 Å². The molecule has 0 aromatic carbocycles. The predicted molar refractivity (Wildman–Crippen MR) is 181 cm³/mol. The second-order valence-electron chi connectivity index (χ2n) is 17.2. The van der Waals surface area contributed by atoms with E-state index in [0.29, 0.717) is 37.0 Å². The van der Waals surface area contributed by atoms with Crippen LogP contribution in [0.1, 0.15) is 144 Å². The van der Waals surface area contributed by atoms with Gasteiger partial charge in [-0.2, -0.15) is 13.2 Å². The predicted octanol–water partition coefficient (Wildman–Crippen LogP) is 8.83. The van der Waals surface area contributed by atoms with Crippen LogP contribution in [0.3, 0.4) is 0 Å². The molecule has 0 radical (unpaired) electrons.